The Labute approximate surface area is 224 Å². The van der Waals surface area contributed by atoms with Crippen molar-refractivity contribution in [1.29, 1.82) is 0 Å². The van der Waals surface area contributed by atoms with E-state index in [1.807, 2.05) is 79.7 Å². The van der Waals surface area contributed by atoms with Crippen molar-refractivity contribution in [2.45, 2.75) is 26.9 Å². The van der Waals surface area contributed by atoms with E-state index in [9.17, 15) is 9.59 Å². The summed E-state index contributed by atoms with van der Waals surface area (Å²) in [6.45, 7) is 4.97. The summed E-state index contributed by atoms with van der Waals surface area (Å²) in [5.41, 5.74) is 6.16. The molecule has 7 heteroatoms. The van der Waals surface area contributed by atoms with Gasteiger partial charge in [0.25, 0.3) is 5.91 Å². The smallest absolute Gasteiger partial charge is 0.267 e. The van der Waals surface area contributed by atoms with Gasteiger partial charge in [-0.1, -0.05) is 48.9 Å². The summed E-state index contributed by atoms with van der Waals surface area (Å²) >= 11 is 0. The van der Waals surface area contributed by atoms with Gasteiger partial charge in [-0.25, -0.2) is 5.48 Å². The third kappa shape index (κ3) is 8.08. The highest BCUT2D eigenvalue weighted by Crippen LogP contribution is 2.24. The number of benzene rings is 3. The zero-order valence-corrected chi connectivity index (χ0v) is 22.2. The van der Waals surface area contributed by atoms with Gasteiger partial charge in [-0.15, -0.1) is 0 Å². The average molecular weight is 515 g/mol. The molecule has 2 N–H and O–H groups in total. The van der Waals surface area contributed by atoms with Crippen molar-refractivity contribution >= 4 is 17.4 Å². The standard InChI is InChI=1S/C31H34N2O5/c1-22(5-18-30(34)32-36)19-23(2)31(35)26-10-12-27(13-11-26)33(20-24-6-14-28(37-3)15-7-24)21-25-8-16-29(38-4)17-9-25/h5-19,23,36H,20-21H2,1-4H3,(H,32,34)/t23-/m1/s1. The first-order valence-electron chi connectivity index (χ1n) is 12.3. The van der Waals surface area contributed by atoms with Crippen molar-refractivity contribution in [3.63, 3.8) is 0 Å². The lowest BCUT2D eigenvalue weighted by Crippen LogP contribution is -2.22. The molecule has 0 heterocycles. The Hall–Kier alpha value is -4.36. The quantitative estimate of drug-likeness (QED) is 0.105. The Morgan fingerprint density at radius 3 is 1.79 bits per heavy atom. The number of hydroxylamine groups is 1. The summed E-state index contributed by atoms with van der Waals surface area (Å²) in [5.74, 6) is 0.596. The first-order chi connectivity index (χ1) is 18.3. The molecule has 0 radical (unpaired) electrons. The van der Waals surface area contributed by atoms with Crippen LogP contribution in [0.5, 0.6) is 11.5 Å². The fourth-order valence-corrected chi connectivity index (χ4v) is 4.01. The molecule has 3 aromatic rings. The molecule has 3 aromatic carbocycles. The van der Waals surface area contributed by atoms with Crippen molar-refractivity contribution in [2.24, 2.45) is 5.92 Å². The second kappa shape index (κ2) is 13.8. The van der Waals surface area contributed by atoms with E-state index in [4.69, 9.17) is 14.7 Å². The van der Waals surface area contributed by atoms with Crippen LogP contribution in [0, 0.1) is 5.92 Å². The molecule has 0 aliphatic carbocycles. The van der Waals surface area contributed by atoms with Crippen LogP contribution in [0.25, 0.3) is 0 Å². The molecule has 0 bridgehead atoms. The van der Waals surface area contributed by atoms with Gasteiger partial charge in [0.15, 0.2) is 5.78 Å². The molecular weight excluding hydrogens is 480 g/mol. The van der Waals surface area contributed by atoms with Crippen LogP contribution >= 0.6 is 0 Å². The molecule has 3 rings (SSSR count). The van der Waals surface area contributed by atoms with Gasteiger partial charge >= 0.3 is 0 Å². The number of carbonyl (C=O) groups is 2. The topological polar surface area (TPSA) is 88.1 Å². The van der Waals surface area contributed by atoms with Crippen molar-refractivity contribution in [2.75, 3.05) is 19.1 Å². The molecule has 0 spiro atoms. The molecule has 0 aliphatic heterocycles. The zero-order valence-electron chi connectivity index (χ0n) is 22.2. The summed E-state index contributed by atoms with van der Waals surface area (Å²) in [4.78, 5) is 26.5. The molecule has 1 atom stereocenters. The molecule has 1 amide bonds. The molecule has 0 unspecified atom stereocenters. The van der Waals surface area contributed by atoms with Crippen LogP contribution in [0.2, 0.25) is 0 Å². The number of nitrogens with zero attached hydrogens (tertiary/aromatic N) is 1. The molecule has 0 saturated carbocycles. The van der Waals surface area contributed by atoms with E-state index in [-0.39, 0.29) is 11.7 Å². The predicted molar refractivity (Wildman–Crippen MR) is 149 cm³/mol. The summed E-state index contributed by atoms with van der Waals surface area (Å²) < 4.78 is 10.6. The van der Waals surface area contributed by atoms with Gasteiger partial charge in [-0.05, 0) is 66.6 Å². The zero-order chi connectivity index (χ0) is 27.5. The van der Waals surface area contributed by atoms with Gasteiger partial charge < -0.3 is 14.4 Å². The lowest BCUT2D eigenvalue weighted by Gasteiger charge is -2.26. The van der Waals surface area contributed by atoms with E-state index in [0.29, 0.717) is 18.7 Å². The molecule has 198 valence electrons. The van der Waals surface area contributed by atoms with Crippen LogP contribution in [-0.2, 0) is 17.9 Å². The van der Waals surface area contributed by atoms with Crippen molar-refractivity contribution in [1.82, 2.24) is 5.48 Å². The van der Waals surface area contributed by atoms with Gasteiger partial charge in [0.1, 0.15) is 11.5 Å². The summed E-state index contributed by atoms with van der Waals surface area (Å²) in [6, 6.07) is 23.6. The first-order valence-corrected chi connectivity index (χ1v) is 12.3. The number of anilines is 1. The van der Waals surface area contributed by atoms with E-state index in [0.717, 1.165) is 33.9 Å². The summed E-state index contributed by atoms with van der Waals surface area (Å²) in [6.07, 6.45) is 4.55. The number of hydrogen-bond donors (Lipinski definition) is 2. The number of ether oxygens (including phenoxy) is 2. The summed E-state index contributed by atoms with van der Waals surface area (Å²) in [7, 11) is 3.30. The molecule has 0 saturated heterocycles. The van der Waals surface area contributed by atoms with E-state index in [2.05, 4.69) is 4.90 Å². The van der Waals surface area contributed by atoms with Crippen molar-refractivity contribution in [3.8, 4) is 11.5 Å². The number of hydrogen-bond acceptors (Lipinski definition) is 6. The molecule has 7 nitrogen and oxygen atoms in total. The second-order valence-corrected chi connectivity index (χ2v) is 8.97. The maximum absolute atomic E-state index is 13.0. The van der Waals surface area contributed by atoms with Gasteiger partial charge in [-0.2, -0.15) is 0 Å². The minimum absolute atomic E-state index is 0.0206. The number of rotatable bonds is 12. The van der Waals surface area contributed by atoms with Crippen molar-refractivity contribution in [3.05, 3.63) is 113 Å². The fraction of sp³-hybridized carbons (Fsp3) is 0.226. The van der Waals surface area contributed by atoms with E-state index < -0.39 is 5.91 Å². The van der Waals surface area contributed by atoms with Crippen molar-refractivity contribution < 1.29 is 24.3 Å². The highest BCUT2D eigenvalue weighted by Gasteiger charge is 2.15. The number of methoxy groups -OCH3 is 2. The van der Waals surface area contributed by atoms with Gasteiger partial charge in [-0.3, -0.25) is 14.8 Å². The number of ketones is 1. The Morgan fingerprint density at radius 2 is 1.34 bits per heavy atom. The number of Topliss-reactive ketones (excluding diaryl/α,β-unsaturated/α-hetero) is 1. The highest BCUT2D eigenvalue weighted by atomic mass is 16.5. The molecule has 0 aliphatic rings. The summed E-state index contributed by atoms with van der Waals surface area (Å²) in [5, 5.41) is 8.60. The largest absolute Gasteiger partial charge is 0.497 e. The average Bonchev–Trinajstić information content (AvgIpc) is 2.96. The van der Waals surface area contributed by atoms with Gasteiger partial charge in [0, 0.05) is 36.3 Å². The normalized spacial score (nSPS) is 12.2. The minimum Gasteiger partial charge on any atom is -0.497 e. The monoisotopic (exact) mass is 514 g/mol. The maximum Gasteiger partial charge on any atom is 0.267 e. The Kier molecular flexibility index (Phi) is 10.3. The Bertz CT molecular complexity index is 1210. The first kappa shape index (κ1) is 28.2. The second-order valence-electron chi connectivity index (χ2n) is 8.97. The fourth-order valence-electron chi connectivity index (χ4n) is 4.01. The lowest BCUT2D eigenvalue weighted by atomic mass is 9.97. The number of allylic oxidation sites excluding steroid dienone is 3. The van der Waals surface area contributed by atoms with Crippen LogP contribution in [0.15, 0.2) is 96.6 Å². The molecule has 0 aromatic heterocycles. The number of amides is 1. The highest BCUT2D eigenvalue weighted by molar-refractivity contribution is 5.99. The molecular formula is C31H34N2O5. The maximum atomic E-state index is 13.0. The van der Waals surface area contributed by atoms with E-state index in [1.54, 1.807) is 38.8 Å². The molecule has 0 fully saturated rings. The SMILES string of the molecule is COc1ccc(CN(Cc2ccc(OC)cc2)c2ccc(C(=O)[C@H](C)C=C(C)C=CC(=O)NO)cc2)cc1. The lowest BCUT2D eigenvalue weighted by molar-refractivity contribution is -0.124. The van der Waals surface area contributed by atoms with E-state index >= 15 is 0 Å². The minimum atomic E-state index is -0.624. The third-order valence-electron chi connectivity index (χ3n) is 6.12. The van der Waals surface area contributed by atoms with E-state index in [1.165, 1.54) is 6.08 Å². The molecule has 38 heavy (non-hydrogen) atoms. The number of nitrogens with one attached hydrogen (secondary N) is 1. The van der Waals surface area contributed by atoms with Crippen LogP contribution in [0.1, 0.15) is 35.3 Å². The van der Waals surface area contributed by atoms with Crippen LogP contribution in [0.3, 0.4) is 0 Å². The third-order valence-corrected chi connectivity index (χ3v) is 6.12. The Morgan fingerprint density at radius 1 is 0.842 bits per heavy atom. The van der Waals surface area contributed by atoms with Gasteiger partial charge in [0.05, 0.1) is 14.2 Å². The predicted octanol–water partition coefficient (Wildman–Crippen LogP) is 5.74. The Balaban J connectivity index is 1.80. The van der Waals surface area contributed by atoms with Crippen LogP contribution in [0.4, 0.5) is 5.69 Å². The van der Waals surface area contributed by atoms with Gasteiger partial charge in [0.2, 0.25) is 0 Å². The van der Waals surface area contributed by atoms with Crippen LogP contribution in [-0.4, -0.2) is 31.1 Å². The number of carbonyl (C=O) groups excluding carboxylic acids is 2. The van der Waals surface area contributed by atoms with Crippen LogP contribution < -0.4 is 19.9 Å².